The number of azo groups is 1. The summed E-state index contributed by atoms with van der Waals surface area (Å²) in [4.78, 5) is 24.9. The first kappa shape index (κ1) is 20.2. The average molecular weight is 408 g/mol. The van der Waals surface area contributed by atoms with Gasteiger partial charge in [-0.3, -0.25) is 9.59 Å². The van der Waals surface area contributed by atoms with Crippen molar-refractivity contribution in [2.24, 2.45) is 10.2 Å². The molecule has 30 heavy (non-hydrogen) atoms. The quantitative estimate of drug-likeness (QED) is 0.694. The number of ether oxygens (including phenoxy) is 2. The summed E-state index contributed by atoms with van der Waals surface area (Å²) in [5.41, 5.74) is 2.20. The molecule has 0 saturated carbocycles. The fourth-order valence-corrected chi connectivity index (χ4v) is 3.41. The van der Waals surface area contributed by atoms with Crippen molar-refractivity contribution < 1.29 is 19.1 Å². The van der Waals surface area contributed by atoms with Crippen molar-refractivity contribution >= 4 is 34.6 Å². The third-order valence-corrected chi connectivity index (χ3v) is 5.00. The third-order valence-electron chi connectivity index (χ3n) is 5.00. The highest BCUT2D eigenvalue weighted by Gasteiger charge is 2.25. The van der Waals surface area contributed by atoms with E-state index >= 15 is 0 Å². The summed E-state index contributed by atoms with van der Waals surface area (Å²) >= 11 is 0. The zero-order chi connectivity index (χ0) is 20.8. The van der Waals surface area contributed by atoms with E-state index in [4.69, 9.17) is 9.47 Å². The molecule has 2 amide bonds. The van der Waals surface area contributed by atoms with Gasteiger partial charge in [-0.15, -0.1) is 5.11 Å². The molecule has 4 rings (SSSR count). The maximum absolute atomic E-state index is 12.6. The maximum atomic E-state index is 12.6. The third kappa shape index (κ3) is 5.08. The number of benzene rings is 2. The largest absolute Gasteiger partial charge is 0.368 e. The number of anilines is 2. The van der Waals surface area contributed by atoms with Gasteiger partial charge in [0.2, 0.25) is 0 Å². The van der Waals surface area contributed by atoms with Crippen molar-refractivity contribution in [1.29, 1.82) is 0 Å². The lowest BCUT2D eigenvalue weighted by Gasteiger charge is -2.15. The summed E-state index contributed by atoms with van der Waals surface area (Å²) in [5, 5.41) is 14.2. The molecule has 0 radical (unpaired) electrons. The summed E-state index contributed by atoms with van der Waals surface area (Å²) in [6.07, 6.45) is 2.21. The summed E-state index contributed by atoms with van der Waals surface area (Å²) < 4.78 is 10.9. The number of carbonyl (C=O) groups excluding carboxylic acids is 2. The first-order valence-corrected chi connectivity index (χ1v) is 10.1. The Morgan fingerprint density at radius 1 is 0.833 bits per heavy atom. The predicted molar refractivity (Wildman–Crippen MR) is 112 cm³/mol. The Hall–Kier alpha value is -3.10. The van der Waals surface area contributed by atoms with Crippen molar-refractivity contribution in [2.45, 2.75) is 37.9 Å². The van der Waals surface area contributed by atoms with Crippen LogP contribution < -0.4 is 10.6 Å². The van der Waals surface area contributed by atoms with Crippen LogP contribution in [0.3, 0.4) is 0 Å². The molecule has 0 aromatic heterocycles. The Morgan fingerprint density at radius 2 is 1.50 bits per heavy atom. The fourth-order valence-electron chi connectivity index (χ4n) is 3.41. The Morgan fingerprint density at radius 3 is 2.13 bits per heavy atom. The van der Waals surface area contributed by atoms with Crippen LogP contribution in [0.2, 0.25) is 0 Å². The normalized spacial score (nSPS) is 21.1. The second-order valence-corrected chi connectivity index (χ2v) is 7.25. The molecule has 2 aliphatic heterocycles. The molecular formula is C22H24N4O4. The van der Waals surface area contributed by atoms with Gasteiger partial charge in [-0.2, -0.15) is 5.11 Å². The number of rotatable bonds is 6. The van der Waals surface area contributed by atoms with E-state index in [9.17, 15) is 9.59 Å². The Labute approximate surface area is 174 Å². The molecule has 2 atom stereocenters. The molecule has 2 aromatic rings. The van der Waals surface area contributed by atoms with Gasteiger partial charge in [0.05, 0.1) is 11.4 Å². The lowest BCUT2D eigenvalue weighted by atomic mass is 10.2. The topological polar surface area (TPSA) is 101 Å². The molecule has 2 fully saturated rings. The highest BCUT2D eigenvalue weighted by molar-refractivity contribution is 5.99. The van der Waals surface area contributed by atoms with E-state index in [-0.39, 0.29) is 11.8 Å². The van der Waals surface area contributed by atoms with Crippen LogP contribution in [-0.4, -0.2) is 37.2 Å². The van der Waals surface area contributed by atoms with E-state index < -0.39 is 12.2 Å². The molecule has 2 aromatic carbocycles. The monoisotopic (exact) mass is 408 g/mol. The fraction of sp³-hybridized carbons (Fsp3) is 0.364. The molecule has 2 aliphatic rings. The van der Waals surface area contributed by atoms with Gasteiger partial charge >= 0.3 is 0 Å². The maximum Gasteiger partial charge on any atom is 0.253 e. The van der Waals surface area contributed by atoms with Gasteiger partial charge in [0.15, 0.2) is 0 Å². The predicted octanol–water partition coefficient (Wildman–Crippen LogP) is 4.34. The molecule has 156 valence electrons. The van der Waals surface area contributed by atoms with E-state index in [1.807, 2.05) is 30.3 Å². The Bertz CT molecular complexity index is 920. The van der Waals surface area contributed by atoms with Gasteiger partial charge in [0, 0.05) is 18.9 Å². The lowest BCUT2D eigenvalue weighted by Crippen LogP contribution is -2.28. The summed E-state index contributed by atoms with van der Waals surface area (Å²) in [7, 11) is 0. The minimum Gasteiger partial charge on any atom is -0.368 e. The van der Waals surface area contributed by atoms with E-state index in [0.717, 1.165) is 12.8 Å². The van der Waals surface area contributed by atoms with Crippen LogP contribution in [-0.2, 0) is 19.1 Å². The molecule has 0 spiro atoms. The van der Waals surface area contributed by atoms with Gasteiger partial charge in [0.1, 0.15) is 17.9 Å². The standard InChI is InChI=1S/C22H24N4O4/c27-21(19-8-4-12-29-19)23-16-10-11-17(26-25-15-6-2-1-3-7-15)18(14-16)24-22(28)20-9-5-13-30-20/h1-3,6-7,10-11,14,19-20H,4-5,8-9,12-13H2,(H,23,27)(H,24,28)/t19-,20-/m0/s1. The van der Waals surface area contributed by atoms with Crippen LogP contribution in [0.25, 0.3) is 0 Å². The van der Waals surface area contributed by atoms with Gasteiger partial charge < -0.3 is 20.1 Å². The lowest BCUT2D eigenvalue weighted by molar-refractivity contribution is -0.125. The second kappa shape index (κ2) is 9.60. The first-order valence-electron chi connectivity index (χ1n) is 10.1. The second-order valence-electron chi connectivity index (χ2n) is 7.25. The number of amides is 2. The first-order chi connectivity index (χ1) is 14.7. The van der Waals surface area contributed by atoms with Gasteiger partial charge in [-0.25, -0.2) is 0 Å². The van der Waals surface area contributed by atoms with Crippen LogP contribution in [0.1, 0.15) is 25.7 Å². The summed E-state index contributed by atoms with van der Waals surface area (Å²) in [6.45, 7) is 1.18. The number of nitrogens with zero attached hydrogens (tertiary/aromatic N) is 2. The number of nitrogens with one attached hydrogen (secondary N) is 2. The van der Waals surface area contributed by atoms with E-state index in [1.54, 1.807) is 18.2 Å². The van der Waals surface area contributed by atoms with Crippen LogP contribution in [0.5, 0.6) is 0 Å². The molecular weight excluding hydrogens is 384 g/mol. The molecule has 2 heterocycles. The smallest absolute Gasteiger partial charge is 0.253 e. The van der Waals surface area contributed by atoms with Crippen molar-refractivity contribution in [3.05, 3.63) is 48.5 Å². The Kier molecular flexibility index (Phi) is 6.46. The highest BCUT2D eigenvalue weighted by atomic mass is 16.5. The summed E-state index contributed by atoms with van der Waals surface area (Å²) in [6, 6.07) is 14.4. The number of hydrogen-bond donors (Lipinski definition) is 2. The minimum absolute atomic E-state index is 0.192. The van der Waals surface area contributed by atoms with Crippen LogP contribution in [0, 0.1) is 0 Å². The Balaban J connectivity index is 1.55. The average Bonchev–Trinajstić information content (AvgIpc) is 3.48. The van der Waals surface area contributed by atoms with E-state index in [1.165, 1.54) is 0 Å². The van der Waals surface area contributed by atoms with E-state index in [0.29, 0.717) is 48.8 Å². The summed E-state index contributed by atoms with van der Waals surface area (Å²) in [5.74, 6) is -0.422. The SMILES string of the molecule is O=C(Nc1ccc(N=Nc2ccccc2)c(NC(=O)[C@@H]2CCCO2)c1)[C@@H]1CCCO1. The molecule has 2 N–H and O–H groups in total. The minimum atomic E-state index is -0.478. The van der Waals surface area contributed by atoms with Crippen molar-refractivity contribution in [3.8, 4) is 0 Å². The number of carbonyl (C=O) groups is 2. The van der Waals surface area contributed by atoms with Crippen LogP contribution >= 0.6 is 0 Å². The van der Waals surface area contributed by atoms with Gasteiger partial charge in [-0.1, -0.05) is 18.2 Å². The van der Waals surface area contributed by atoms with E-state index in [2.05, 4.69) is 20.9 Å². The highest BCUT2D eigenvalue weighted by Crippen LogP contribution is 2.31. The molecule has 8 heteroatoms. The van der Waals surface area contributed by atoms with Gasteiger partial charge in [-0.05, 0) is 56.0 Å². The molecule has 0 bridgehead atoms. The van der Waals surface area contributed by atoms with Crippen LogP contribution in [0.15, 0.2) is 58.8 Å². The van der Waals surface area contributed by atoms with Crippen molar-refractivity contribution in [3.63, 3.8) is 0 Å². The van der Waals surface area contributed by atoms with Crippen molar-refractivity contribution in [2.75, 3.05) is 23.8 Å². The zero-order valence-electron chi connectivity index (χ0n) is 16.5. The molecule has 0 unspecified atom stereocenters. The van der Waals surface area contributed by atoms with Crippen LogP contribution in [0.4, 0.5) is 22.7 Å². The van der Waals surface area contributed by atoms with Crippen molar-refractivity contribution in [1.82, 2.24) is 0 Å². The zero-order valence-corrected chi connectivity index (χ0v) is 16.5. The molecule has 8 nitrogen and oxygen atoms in total. The number of hydrogen-bond acceptors (Lipinski definition) is 6. The van der Waals surface area contributed by atoms with Gasteiger partial charge in [0.25, 0.3) is 11.8 Å². The molecule has 2 saturated heterocycles. The molecule has 0 aliphatic carbocycles.